The Morgan fingerprint density at radius 3 is 2.71 bits per heavy atom. The minimum absolute atomic E-state index is 0.00673. The van der Waals surface area contributed by atoms with E-state index in [0.29, 0.717) is 56.8 Å². The summed E-state index contributed by atoms with van der Waals surface area (Å²) in [6, 6.07) is 13.1. The van der Waals surface area contributed by atoms with Gasteiger partial charge in [0.25, 0.3) is 0 Å². The number of carbonyl (C=O) groups is 2. The summed E-state index contributed by atoms with van der Waals surface area (Å²) in [5.74, 6) is 0.0340. The Labute approximate surface area is 235 Å². The summed E-state index contributed by atoms with van der Waals surface area (Å²) < 4.78 is 16.5. The standard InChI is InChI=1S/C27H19FN12O2/c1-14-21-24(40(35-14)25-22-23(30-12-29-22)31-13-32-25)33-20(41)10-27(21)17-4-2-3-5-18(17)38(26(27)42)11-19-34-36-37-39(19)16-8-6-15(28)7-9-16/h2-9,12-13H,10-11H2,1H3,(H,33,41)(H,29,30,31,32)/t27-/m1/s1. The topological polar surface area (TPSA) is 165 Å². The van der Waals surface area contributed by atoms with E-state index in [1.165, 1.54) is 34.2 Å². The number of nitrogens with one attached hydrogen (secondary N) is 2. The monoisotopic (exact) mass is 562 g/mol. The molecule has 0 aliphatic carbocycles. The molecule has 1 atom stereocenters. The van der Waals surface area contributed by atoms with Crippen molar-refractivity contribution in [1.82, 2.24) is 49.9 Å². The van der Waals surface area contributed by atoms with Gasteiger partial charge in [-0.3, -0.25) is 9.59 Å². The third-order valence-corrected chi connectivity index (χ3v) is 7.74. The zero-order chi connectivity index (χ0) is 28.6. The molecule has 0 bridgehead atoms. The predicted molar refractivity (Wildman–Crippen MR) is 144 cm³/mol. The van der Waals surface area contributed by atoms with Gasteiger partial charge in [-0.2, -0.15) is 14.5 Å². The molecule has 206 valence electrons. The Bertz CT molecular complexity index is 2060. The average Bonchev–Trinajstić information content (AvgIpc) is 3.77. The number of H-pyrrole nitrogens is 1. The largest absolute Gasteiger partial charge is 0.340 e. The van der Waals surface area contributed by atoms with E-state index in [4.69, 9.17) is 5.10 Å². The quantitative estimate of drug-likeness (QED) is 0.327. The smallest absolute Gasteiger partial charge is 0.243 e. The van der Waals surface area contributed by atoms with Crippen LogP contribution >= 0.6 is 0 Å². The number of hydrogen-bond acceptors (Lipinski definition) is 9. The third-order valence-electron chi connectivity index (χ3n) is 7.74. The normalized spacial score (nSPS) is 17.6. The van der Waals surface area contributed by atoms with Crippen LogP contribution in [0.1, 0.15) is 29.1 Å². The molecule has 0 radical (unpaired) electrons. The molecule has 14 nitrogen and oxygen atoms in total. The minimum atomic E-state index is -1.36. The lowest BCUT2D eigenvalue weighted by molar-refractivity contribution is -0.126. The molecule has 2 N–H and O–H groups in total. The number of aromatic amines is 1. The molecule has 2 amide bonds. The average molecular weight is 563 g/mol. The number of tetrazole rings is 1. The van der Waals surface area contributed by atoms with E-state index in [0.717, 1.165) is 0 Å². The first-order chi connectivity index (χ1) is 20.5. The van der Waals surface area contributed by atoms with Crippen LogP contribution in [0.2, 0.25) is 0 Å². The number of nitrogens with zero attached hydrogens (tertiary/aromatic N) is 10. The number of para-hydroxylation sites is 1. The van der Waals surface area contributed by atoms with Crippen LogP contribution in [0.3, 0.4) is 0 Å². The second-order valence-electron chi connectivity index (χ2n) is 10.0. The Balaban J connectivity index is 1.29. The summed E-state index contributed by atoms with van der Waals surface area (Å²) in [4.78, 5) is 45.5. The van der Waals surface area contributed by atoms with Gasteiger partial charge in [-0.05, 0) is 53.2 Å². The molecule has 0 saturated carbocycles. The van der Waals surface area contributed by atoms with E-state index in [1.54, 1.807) is 24.0 Å². The fourth-order valence-electron chi connectivity index (χ4n) is 6.05. The van der Waals surface area contributed by atoms with Gasteiger partial charge < -0.3 is 15.2 Å². The van der Waals surface area contributed by atoms with Gasteiger partial charge in [0.15, 0.2) is 17.3 Å². The SMILES string of the molecule is Cc1nn(-c2ncnc3nc[nH]c23)c2c1[C@]1(CC(=O)N2)C(=O)N(Cc2nnnn2-c2ccc(F)cc2)c2ccccc21. The summed E-state index contributed by atoms with van der Waals surface area (Å²) in [6.45, 7) is 1.81. The molecule has 42 heavy (non-hydrogen) atoms. The lowest BCUT2D eigenvalue weighted by Gasteiger charge is -2.33. The molecule has 0 saturated heterocycles. The summed E-state index contributed by atoms with van der Waals surface area (Å²) >= 11 is 0. The van der Waals surface area contributed by atoms with Crippen molar-refractivity contribution in [3.8, 4) is 11.5 Å². The molecule has 2 aliphatic heterocycles. The lowest BCUT2D eigenvalue weighted by Crippen LogP contribution is -2.47. The highest BCUT2D eigenvalue weighted by Gasteiger charge is 2.58. The molecule has 6 heterocycles. The number of hydrogen-bond donors (Lipinski definition) is 2. The van der Waals surface area contributed by atoms with Gasteiger partial charge >= 0.3 is 0 Å². The van der Waals surface area contributed by atoms with Gasteiger partial charge in [0.2, 0.25) is 11.8 Å². The van der Waals surface area contributed by atoms with Crippen molar-refractivity contribution in [1.29, 1.82) is 0 Å². The zero-order valence-corrected chi connectivity index (χ0v) is 21.9. The van der Waals surface area contributed by atoms with Gasteiger partial charge in [-0.25, -0.2) is 19.3 Å². The number of amides is 2. The van der Waals surface area contributed by atoms with Gasteiger partial charge in [0, 0.05) is 17.7 Å². The molecule has 6 aromatic rings. The molecular weight excluding hydrogens is 543 g/mol. The highest BCUT2D eigenvalue weighted by Crippen LogP contribution is 2.53. The first-order valence-corrected chi connectivity index (χ1v) is 12.9. The van der Waals surface area contributed by atoms with E-state index >= 15 is 0 Å². The summed E-state index contributed by atoms with van der Waals surface area (Å²) in [6.07, 6.45) is 2.75. The maximum absolute atomic E-state index is 14.7. The predicted octanol–water partition coefficient (Wildman–Crippen LogP) is 2.14. The first kappa shape index (κ1) is 24.0. The van der Waals surface area contributed by atoms with Crippen LogP contribution in [0.25, 0.3) is 22.7 Å². The van der Waals surface area contributed by atoms with E-state index < -0.39 is 11.2 Å². The fourth-order valence-corrected chi connectivity index (χ4v) is 6.05. The molecular formula is C27H19FN12O2. The highest BCUT2D eigenvalue weighted by atomic mass is 19.1. The van der Waals surface area contributed by atoms with Gasteiger partial charge in [0.1, 0.15) is 28.9 Å². The molecule has 0 fully saturated rings. The number of carbonyl (C=O) groups excluding carboxylic acids is 2. The van der Waals surface area contributed by atoms with E-state index in [9.17, 15) is 14.0 Å². The minimum Gasteiger partial charge on any atom is -0.340 e. The van der Waals surface area contributed by atoms with Gasteiger partial charge in [-0.15, -0.1) is 5.10 Å². The van der Waals surface area contributed by atoms with Crippen molar-refractivity contribution in [3.63, 3.8) is 0 Å². The van der Waals surface area contributed by atoms with E-state index in [2.05, 4.69) is 40.8 Å². The van der Waals surface area contributed by atoms with E-state index in [-0.39, 0.29) is 24.8 Å². The number of halogens is 1. The molecule has 2 aliphatic rings. The molecule has 15 heteroatoms. The van der Waals surface area contributed by atoms with Crippen molar-refractivity contribution in [3.05, 3.63) is 89.6 Å². The summed E-state index contributed by atoms with van der Waals surface area (Å²) in [7, 11) is 0. The number of imidazole rings is 1. The third kappa shape index (κ3) is 3.21. The fraction of sp³-hybridized carbons (Fsp3) is 0.148. The number of rotatable bonds is 4. The zero-order valence-electron chi connectivity index (χ0n) is 21.9. The number of anilines is 2. The number of aromatic nitrogens is 10. The Hall–Kier alpha value is -5.86. The van der Waals surface area contributed by atoms with Crippen LogP contribution in [0.15, 0.2) is 61.2 Å². The number of aryl methyl sites for hydroxylation is 1. The van der Waals surface area contributed by atoms with Crippen molar-refractivity contribution in [2.45, 2.75) is 25.3 Å². The molecule has 2 aromatic carbocycles. The Morgan fingerprint density at radius 1 is 1.02 bits per heavy atom. The number of fused-ring (bicyclic) bond motifs is 5. The Morgan fingerprint density at radius 2 is 1.86 bits per heavy atom. The molecule has 0 unspecified atom stereocenters. The van der Waals surface area contributed by atoms with Crippen molar-refractivity contribution in [2.75, 3.05) is 10.2 Å². The highest BCUT2D eigenvalue weighted by molar-refractivity contribution is 6.16. The molecule has 4 aromatic heterocycles. The van der Waals surface area contributed by atoms with Crippen molar-refractivity contribution in [2.24, 2.45) is 0 Å². The van der Waals surface area contributed by atoms with Crippen LogP contribution in [0.4, 0.5) is 15.9 Å². The summed E-state index contributed by atoms with van der Waals surface area (Å²) in [5, 5.41) is 19.7. The van der Waals surface area contributed by atoms with Crippen LogP contribution in [0, 0.1) is 12.7 Å². The van der Waals surface area contributed by atoms with Gasteiger partial charge in [0.05, 0.1) is 24.3 Å². The van der Waals surface area contributed by atoms with Crippen LogP contribution in [0.5, 0.6) is 0 Å². The second-order valence-corrected chi connectivity index (χ2v) is 10.0. The number of benzene rings is 2. The summed E-state index contributed by atoms with van der Waals surface area (Å²) in [5.41, 5.74) is 2.58. The van der Waals surface area contributed by atoms with Crippen LogP contribution in [-0.4, -0.2) is 61.7 Å². The van der Waals surface area contributed by atoms with Crippen LogP contribution < -0.4 is 10.2 Å². The Kier molecular flexibility index (Phi) is 4.89. The second kappa shape index (κ2) is 8.57. The lowest BCUT2D eigenvalue weighted by atomic mass is 9.70. The first-order valence-electron chi connectivity index (χ1n) is 12.9. The molecule has 8 rings (SSSR count). The van der Waals surface area contributed by atoms with Crippen molar-refractivity contribution < 1.29 is 14.0 Å². The van der Waals surface area contributed by atoms with E-state index in [1.807, 2.05) is 24.3 Å². The van der Waals surface area contributed by atoms with Crippen molar-refractivity contribution >= 4 is 34.5 Å². The maximum Gasteiger partial charge on any atom is 0.243 e. The van der Waals surface area contributed by atoms with Crippen LogP contribution in [-0.2, 0) is 21.5 Å². The molecule has 1 spiro atoms. The van der Waals surface area contributed by atoms with Gasteiger partial charge in [-0.1, -0.05) is 18.2 Å². The maximum atomic E-state index is 14.7.